The van der Waals surface area contributed by atoms with Gasteiger partial charge in [0.15, 0.2) is 0 Å². The molecule has 0 atom stereocenters. The second kappa shape index (κ2) is 6.51. The van der Waals surface area contributed by atoms with Crippen LogP contribution in [-0.4, -0.2) is 44.2 Å². The fourth-order valence-corrected chi connectivity index (χ4v) is 3.17. The monoisotopic (exact) mass is 337 g/mol. The Hall–Kier alpha value is -2.96. The first kappa shape index (κ1) is 15.6. The summed E-state index contributed by atoms with van der Waals surface area (Å²) in [6.45, 7) is 3.21. The van der Waals surface area contributed by atoms with Gasteiger partial charge in [0.25, 0.3) is 5.91 Å². The van der Waals surface area contributed by atoms with Crippen molar-refractivity contribution in [3.05, 3.63) is 53.7 Å². The fraction of sp³-hybridized carbons (Fsp3) is 0.333. The number of carbonyl (C=O) groups excluding carboxylic acids is 1. The minimum Gasteiger partial charge on any atom is -0.339 e. The number of hydrogen-bond acceptors (Lipinski definition) is 5. The number of likely N-dealkylation sites (tertiary alicyclic amines) is 1. The maximum absolute atomic E-state index is 12.5. The average Bonchev–Trinajstić information content (AvgIpc) is 3.31. The number of aryl methyl sites for hydroxylation is 1. The fourth-order valence-electron chi connectivity index (χ4n) is 3.17. The molecule has 1 aromatic carbocycles. The zero-order chi connectivity index (χ0) is 17.2. The first-order valence-corrected chi connectivity index (χ1v) is 8.40. The third kappa shape index (κ3) is 3.05. The van der Waals surface area contributed by atoms with Crippen LogP contribution in [0, 0.1) is 6.92 Å². The van der Waals surface area contributed by atoms with Crippen molar-refractivity contribution < 1.29 is 9.32 Å². The highest BCUT2D eigenvalue weighted by atomic mass is 16.5. The van der Waals surface area contributed by atoms with Crippen molar-refractivity contribution in [2.45, 2.75) is 25.7 Å². The lowest BCUT2D eigenvalue weighted by Crippen LogP contribution is -2.38. The predicted molar refractivity (Wildman–Crippen MR) is 90.9 cm³/mol. The van der Waals surface area contributed by atoms with Crippen LogP contribution in [0.1, 0.15) is 40.7 Å². The van der Waals surface area contributed by atoms with Gasteiger partial charge in [-0.3, -0.25) is 9.89 Å². The van der Waals surface area contributed by atoms with E-state index >= 15 is 0 Å². The summed E-state index contributed by atoms with van der Waals surface area (Å²) in [5.41, 5.74) is 2.39. The Labute approximate surface area is 145 Å². The normalized spacial score (nSPS) is 15.5. The largest absolute Gasteiger partial charge is 0.339 e. The van der Waals surface area contributed by atoms with Gasteiger partial charge in [0.1, 0.15) is 0 Å². The molecule has 128 valence electrons. The molecule has 25 heavy (non-hydrogen) atoms. The lowest BCUT2D eigenvalue weighted by Gasteiger charge is -2.30. The zero-order valence-electron chi connectivity index (χ0n) is 14.0. The second-order valence-electron chi connectivity index (χ2n) is 6.30. The molecule has 0 spiro atoms. The molecule has 1 saturated heterocycles. The van der Waals surface area contributed by atoms with E-state index in [4.69, 9.17) is 4.52 Å². The molecule has 1 amide bonds. The summed E-state index contributed by atoms with van der Waals surface area (Å²) in [6.07, 6.45) is 3.23. The van der Waals surface area contributed by atoms with Crippen LogP contribution in [-0.2, 0) is 0 Å². The molecular formula is C18H19N5O2. The summed E-state index contributed by atoms with van der Waals surface area (Å²) in [4.78, 5) is 18.9. The number of piperidine rings is 1. The molecule has 7 nitrogen and oxygen atoms in total. The van der Waals surface area contributed by atoms with Gasteiger partial charge in [-0.15, -0.1) is 0 Å². The second-order valence-corrected chi connectivity index (χ2v) is 6.30. The Morgan fingerprint density at radius 2 is 2.00 bits per heavy atom. The Balaban J connectivity index is 1.42. The highest BCUT2D eigenvalue weighted by Crippen LogP contribution is 2.29. The molecule has 0 unspecified atom stereocenters. The number of amides is 1. The molecular weight excluding hydrogens is 318 g/mol. The number of rotatable bonds is 3. The van der Waals surface area contributed by atoms with Crippen LogP contribution in [0.3, 0.4) is 0 Å². The standard InChI is InChI=1S/C18H19N5O2/c1-12-15(11-19-21-12)18(24)23-9-7-14(8-10-23)17-20-16(22-25-17)13-5-3-2-4-6-13/h2-6,11,14H,7-10H2,1H3,(H,19,21). The molecule has 1 aliphatic heterocycles. The highest BCUT2D eigenvalue weighted by Gasteiger charge is 2.29. The van der Waals surface area contributed by atoms with E-state index in [0.717, 1.165) is 24.1 Å². The number of nitrogens with zero attached hydrogens (tertiary/aromatic N) is 4. The van der Waals surface area contributed by atoms with Crippen LogP contribution in [0.25, 0.3) is 11.4 Å². The van der Waals surface area contributed by atoms with Crippen molar-refractivity contribution in [1.82, 2.24) is 25.2 Å². The summed E-state index contributed by atoms with van der Waals surface area (Å²) in [7, 11) is 0. The summed E-state index contributed by atoms with van der Waals surface area (Å²) < 4.78 is 5.47. The van der Waals surface area contributed by atoms with E-state index in [2.05, 4.69) is 20.3 Å². The first-order valence-electron chi connectivity index (χ1n) is 8.40. The van der Waals surface area contributed by atoms with Gasteiger partial charge in [-0.05, 0) is 19.8 Å². The molecule has 7 heteroatoms. The average molecular weight is 337 g/mol. The molecule has 1 aliphatic rings. The van der Waals surface area contributed by atoms with Gasteiger partial charge in [-0.2, -0.15) is 10.1 Å². The third-order valence-corrected chi connectivity index (χ3v) is 4.67. The quantitative estimate of drug-likeness (QED) is 0.794. The molecule has 4 rings (SSSR count). The van der Waals surface area contributed by atoms with Gasteiger partial charge in [-0.25, -0.2) is 0 Å². The topological polar surface area (TPSA) is 87.9 Å². The number of nitrogens with one attached hydrogen (secondary N) is 1. The van der Waals surface area contributed by atoms with Crippen LogP contribution < -0.4 is 0 Å². The number of aromatic amines is 1. The molecule has 3 heterocycles. The summed E-state index contributed by atoms with van der Waals surface area (Å²) in [5, 5.41) is 10.8. The highest BCUT2D eigenvalue weighted by molar-refractivity contribution is 5.95. The number of benzene rings is 1. The van der Waals surface area contributed by atoms with Gasteiger partial charge in [0.2, 0.25) is 11.7 Å². The number of H-pyrrole nitrogens is 1. The van der Waals surface area contributed by atoms with Gasteiger partial charge in [0.05, 0.1) is 11.8 Å². The van der Waals surface area contributed by atoms with Crippen molar-refractivity contribution in [1.29, 1.82) is 0 Å². The van der Waals surface area contributed by atoms with Crippen LogP contribution in [0.5, 0.6) is 0 Å². The molecule has 1 fully saturated rings. The molecule has 0 radical (unpaired) electrons. The Bertz CT molecular complexity index is 862. The third-order valence-electron chi connectivity index (χ3n) is 4.67. The lowest BCUT2D eigenvalue weighted by molar-refractivity contribution is 0.0704. The van der Waals surface area contributed by atoms with Crippen molar-refractivity contribution in [3.8, 4) is 11.4 Å². The van der Waals surface area contributed by atoms with E-state index in [-0.39, 0.29) is 11.8 Å². The minimum absolute atomic E-state index is 0.0280. The van der Waals surface area contributed by atoms with Gasteiger partial charge in [-0.1, -0.05) is 35.5 Å². The van der Waals surface area contributed by atoms with Gasteiger partial charge < -0.3 is 9.42 Å². The molecule has 0 saturated carbocycles. The summed E-state index contributed by atoms with van der Waals surface area (Å²) in [5.74, 6) is 1.49. The number of carbonyl (C=O) groups is 1. The summed E-state index contributed by atoms with van der Waals surface area (Å²) in [6, 6.07) is 9.78. The Morgan fingerprint density at radius 1 is 1.24 bits per heavy atom. The van der Waals surface area contributed by atoms with Gasteiger partial charge >= 0.3 is 0 Å². The maximum atomic E-state index is 12.5. The van der Waals surface area contributed by atoms with Crippen molar-refractivity contribution in [2.75, 3.05) is 13.1 Å². The molecule has 0 aliphatic carbocycles. The molecule has 1 N–H and O–H groups in total. The SMILES string of the molecule is Cc1[nH]ncc1C(=O)N1CCC(c2nc(-c3ccccc3)no2)CC1. The summed E-state index contributed by atoms with van der Waals surface area (Å²) >= 11 is 0. The van der Waals surface area contributed by atoms with Crippen LogP contribution in [0.4, 0.5) is 0 Å². The zero-order valence-corrected chi connectivity index (χ0v) is 14.0. The predicted octanol–water partition coefficient (Wildman–Crippen LogP) is 2.79. The van der Waals surface area contributed by atoms with E-state index in [1.54, 1.807) is 6.20 Å². The molecule has 0 bridgehead atoms. The van der Waals surface area contributed by atoms with Crippen molar-refractivity contribution in [3.63, 3.8) is 0 Å². The number of hydrogen-bond donors (Lipinski definition) is 1. The van der Waals surface area contributed by atoms with Crippen molar-refractivity contribution >= 4 is 5.91 Å². The maximum Gasteiger partial charge on any atom is 0.257 e. The van der Waals surface area contributed by atoms with E-state index in [9.17, 15) is 4.79 Å². The van der Waals surface area contributed by atoms with Crippen LogP contribution in [0.2, 0.25) is 0 Å². The van der Waals surface area contributed by atoms with Crippen LogP contribution >= 0.6 is 0 Å². The van der Waals surface area contributed by atoms with E-state index in [0.29, 0.717) is 30.4 Å². The van der Waals surface area contributed by atoms with E-state index in [1.165, 1.54) is 0 Å². The van der Waals surface area contributed by atoms with Gasteiger partial charge in [0, 0.05) is 30.3 Å². The Kier molecular flexibility index (Phi) is 4.05. The number of aromatic nitrogens is 4. The molecule has 3 aromatic rings. The lowest BCUT2D eigenvalue weighted by atomic mass is 9.96. The van der Waals surface area contributed by atoms with E-state index < -0.39 is 0 Å². The minimum atomic E-state index is 0.0280. The van der Waals surface area contributed by atoms with Crippen LogP contribution in [0.15, 0.2) is 41.1 Å². The smallest absolute Gasteiger partial charge is 0.257 e. The Morgan fingerprint density at radius 3 is 2.68 bits per heavy atom. The first-order chi connectivity index (χ1) is 12.2. The van der Waals surface area contributed by atoms with E-state index in [1.807, 2.05) is 42.2 Å². The molecule has 2 aromatic heterocycles. The van der Waals surface area contributed by atoms with Crippen molar-refractivity contribution in [2.24, 2.45) is 0 Å².